The van der Waals surface area contributed by atoms with Crippen LogP contribution in [0.25, 0.3) is 11.6 Å². The van der Waals surface area contributed by atoms with Gasteiger partial charge in [-0.2, -0.15) is 0 Å². The first-order valence-corrected chi connectivity index (χ1v) is 9.50. The van der Waals surface area contributed by atoms with Crippen molar-refractivity contribution in [3.05, 3.63) is 120 Å². The van der Waals surface area contributed by atoms with E-state index in [1.54, 1.807) is 18.2 Å². The number of nitrogens with zero attached hydrogens (tertiary/aromatic N) is 1. The number of likely N-dealkylation sites (N-methyl/N-ethyl adjacent to an activating group) is 1. The fraction of sp³-hybridized carbons (Fsp3) is 0.115. The second-order valence-corrected chi connectivity index (χ2v) is 7.07. The highest BCUT2D eigenvalue weighted by Crippen LogP contribution is 2.23. The maximum atomic E-state index is 13.2. The molecule has 0 aliphatic heterocycles. The van der Waals surface area contributed by atoms with Gasteiger partial charge in [0.05, 0.1) is 0 Å². The van der Waals surface area contributed by atoms with Crippen LogP contribution in [0.1, 0.15) is 16.7 Å². The number of allylic oxidation sites excluding steroid dienone is 1. The number of Topliss-reactive ketones (excluding diaryl/α,β-unsaturated/α-hetero) is 1. The Hall–Kier alpha value is -3.30. The monoisotopic (exact) mass is 385 g/mol. The third kappa shape index (κ3) is 5.84. The largest absolute Gasteiger partial charge is 0.298 e. The lowest BCUT2D eigenvalue weighted by atomic mass is 9.95. The van der Waals surface area contributed by atoms with Crippen LogP contribution in [-0.4, -0.2) is 24.3 Å². The fourth-order valence-electron chi connectivity index (χ4n) is 3.16. The van der Waals surface area contributed by atoms with E-state index in [1.165, 1.54) is 17.7 Å². The molecule has 0 aliphatic carbocycles. The van der Waals surface area contributed by atoms with Crippen LogP contribution in [0.15, 0.2) is 97.1 Å². The van der Waals surface area contributed by atoms with E-state index >= 15 is 0 Å². The number of carbonyl (C=O) groups excluding carboxylic acids is 1. The van der Waals surface area contributed by atoms with Gasteiger partial charge < -0.3 is 0 Å². The van der Waals surface area contributed by atoms with Gasteiger partial charge in [-0.3, -0.25) is 9.69 Å². The predicted octanol–water partition coefficient (Wildman–Crippen LogP) is 5.62. The molecule has 0 aliphatic rings. The Morgan fingerprint density at radius 1 is 0.931 bits per heavy atom. The summed E-state index contributed by atoms with van der Waals surface area (Å²) in [5, 5.41) is 0. The highest BCUT2D eigenvalue weighted by Gasteiger charge is 2.17. The molecule has 0 bridgehead atoms. The average molecular weight is 385 g/mol. The number of ketones is 1. The summed E-state index contributed by atoms with van der Waals surface area (Å²) in [5.74, 6) is -0.415. The van der Waals surface area contributed by atoms with E-state index in [9.17, 15) is 9.18 Å². The van der Waals surface area contributed by atoms with E-state index in [0.717, 1.165) is 17.7 Å². The third-order valence-corrected chi connectivity index (χ3v) is 4.59. The van der Waals surface area contributed by atoms with Gasteiger partial charge in [0, 0.05) is 24.2 Å². The van der Waals surface area contributed by atoms with E-state index in [1.807, 2.05) is 55.6 Å². The zero-order valence-corrected chi connectivity index (χ0v) is 16.5. The van der Waals surface area contributed by atoms with Crippen molar-refractivity contribution in [2.45, 2.75) is 6.54 Å². The predicted molar refractivity (Wildman–Crippen MR) is 118 cm³/mol. The SMILES string of the molecule is C=C(CN(C)Cc1ccccc1)C(=O)/C(=C/c1ccc(F)cc1)c1ccccc1. The smallest absolute Gasteiger partial charge is 0.190 e. The summed E-state index contributed by atoms with van der Waals surface area (Å²) in [6.07, 6.45) is 1.79. The van der Waals surface area contributed by atoms with Crippen molar-refractivity contribution in [2.75, 3.05) is 13.6 Å². The van der Waals surface area contributed by atoms with E-state index in [-0.39, 0.29) is 11.6 Å². The summed E-state index contributed by atoms with van der Waals surface area (Å²) in [6.45, 7) is 5.24. The number of rotatable bonds is 8. The zero-order chi connectivity index (χ0) is 20.6. The Labute approximate surface area is 171 Å². The number of carbonyl (C=O) groups is 1. The topological polar surface area (TPSA) is 20.3 Å². The van der Waals surface area contributed by atoms with Crippen molar-refractivity contribution >= 4 is 17.4 Å². The van der Waals surface area contributed by atoms with Crippen molar-refractivity contribution in [3.8, 4) is 0 Å². The third-order valence-electron chi connectivity index (χ3n) is 4.59. The highest BCUT2D eigenvalue weighted by atomic mass is 19.1. The molecular formula is C26H24FNO. The van der Waals surface area contributed by atoms with Crippen molar-refractivity contribution in [1.29, 1.82) is 0 Å². The molecule has 146 valence electrons. The minimum absolute atomic E-state index is 0.111. The van der Waals surface area contributed by atoms with Crippen LogP contribution in [-0.2, 0) is 11.3 Å². The fourth-order valence-corrected chi connectivity index (χ4v) is 3.16. The molecule has 0 fully saturated rings. The van der Waals surface area contributed by atoms with Crippen LogP contribution in [0.5, 0.6) is 0 Å². The first kappa shape index (κ1) is 20.4. The lowest BCUT2D eigenvalue weighted by Gasteiger charge is -2.18. The summed E-state index contributed by atoms with van der Waals surface area (Å²) in [7, 11) is 1.97. The Kier molecular flexibility index (Phi) is 6.88. The van der Waals surface area contributed by atoms with Crippen molar-refractivity contribution in [2.24, 2.45) is 0 Å². The molecule has 3 heteroatoms. The maximum absolute atomic E-state index is 13.2. The zero-order valence-electron chi connectivity index (χ0n) is 16.5. The van der Waals surface area contributed by atoms with Crippen molar-refractivity contribution < 1.29 is 9.18 Å². The molecule has 0 saturated heterocycles. The molecule has 29 heavy (non-hydrogen) atoms. The molecule has 0 spiro atoms. The lowest BCUT2D eigenvalue weighted by Crippen LogP contribution is -2.23. The van der Waals surface area contributed by atoms with Gasteiger partial charge in [-0.15, -0.1) is 0 Å². The molecular weight excluding hydrogens is 361 g/mol. The Morgan fingerprint density at radius 2 is 1.52 bits per heavy atom. The second-order valence-electron chi connectivity index (χ2n) is 7.07. The maximum Gasteiger partial charge on any atom is 0.190 e. The van der Waals surface area contributed by atoms with E-state index < -0.39 is 0 Å². The molecule has 0 amide bonds. The lowest BCUT2D eigenvalue weighted by molar-refractivity contribution is -0.110. The summed E-state index contributed by atoms with van der Waals surface area (Å²) < 4.78 is 13.2. The van der Waals surface area contributed by atoms with Crippen LogP contribution >= 0.6 is 0 Å². The average Bonchev–Trinajstić information content (AvgIpc) is 2.74. The number of hydrogen-bond acceptors (Lipinski definition) is 2. The Morgan fingerprint density at radius 3 is 2.14 bits per heavy atom. The minimum Gasteiger partial charge on any atom is -0.298 e. The molecule has 0 heterocycles. The van der Waals surface area contributed by atoms with E-state index in [4.69, 9.17) is 0 Å². The molecule has 0 unspecified atom stereocenters. The van der Waals surface area contributed by atoms with Crippen LogP contribution in [0.4, 0.5) is 4.39 Å². The van der Waals surface area contributed by atoms with Crippen LogP contribution in [0.2, 0.25) is 0 Å². The number of halogens is 1. The van der Waals surface area contributed by atoms with Gasteiger partial charge in [0.15, 0.2) is 5.78 Å². The minimum atomic E-state index is -0.304. The first-order chi connectivity index (χ1) is 14.0. The Balaban J connectivity index is 1.80. The number of benzene rings is 3. The summed E-state index contributed by atoms with van der Waals surface area (Å²) in [5.41, 5.74) is 3.83. The highest BCUT2D eigenvalue weighted by molar-refractivity contribution is 6.32. The normalized spacial score (nSPS) is 11.5. The molecule has 3 rings (SSSR count). The van der Waals surface area contributed by atoms with Gasteiger partial charge >= 0.3 is 0 Å². The van der Waals surface area contributed by atoms with Crippen LogP contribution in [0, 0.1) is 5.82 Å². The summed E-state index contributed by atoms with van der Waals surface area (Å²) in [6, 6.07) is 25.7. The van der Waals surface area contributed by atoms with Gasteiger partial charge in [-0.1, -0.05) is 79.4 Å². The van der Waals surface area contributed by atoms with E-state index in [0.29, 0.717) is 17.7 Å². The first-order valence-electron chi connectivity index (χ1n) is 9.50. The van der Waals surface area contributed by atoms with E-state index in [2.05, 4.69) is 23.6 Å². The Bertz CT molecular complexity index is 992. The standard InChI is InChI=1S/C26H24FNO/c1-20(18-28(2)19-22-9-5-3-6-10-22)26(29)25(23-11-7-4-8-12-23)17-21-13-15-24(27)16-14-21/h3-17H,1,18-19H2,2H3/b25-17+. The molecule has 3 aromatic carbocycles. The quantitative estimate of drug-likeness (QED) is 0.370. The van der Waals surface area contributed by atoms with Gasteiger partial charge in [-0.05, 0) is 41.9 Å². The summed E-state index contributed by atoms with van der Waals surface area (Å²) in [4.78, 5) is 15.3. The summed E-state index contributed by atoms with van der Waals surface area (Å²) >= 11 is 0. The van der Waals surface area contributed by atoms with Gasteiger partial charge in [0.25, 0.3) is 0 Å². The molecule has 0 saturated carbocycles. The van der Waals surface area contributed by atoms with Crippen LogP contribution < -0.4 is 0 Å². The number of hydrogen-bond donors (Lipinski definition) is 0. The molecule has 0 aromatic heterocycles. The molecule has 3 aromatic rings. The van der Waals surface area contributed by atoms with Gasteiger partial charge in [-0.25, -0.2) is 4.39 Å². The molecule has 2 nitrogen and oxygen atoms in total. The van der Waals surface area contributed by atoms with Crippen molar-refractivity contribution in [1.82, 2.24) is 4.90 Å². The molecule has 0 N–H and O–H groups in total. The molecule has 0 atom stereocenters. The second kappa shape index (κ2) is 9.76. The van der Waals surface area contributed by atoms with Crippen LogP contribution in [0.3, 0.4) is 0 Å². The van der Waals surface area contributed by atoms with Gasteiger partial charge in [0.1, 0.15) is 5.82 Å². The van der Waals surface area contributed by atoms with Gasteiger partial charge in [0.2, 0.25) is 0 Å². The van der Waals surface area contributed by atoms with Crippen molar-refractivity contribution in [3.63, 3.8) is 0 Å². The molecule has 0 radical (unpaired) electrons.